The fourth-order valence-corrected chi connectivity index (χ4v) is 1.80. The first kappa shape index (κ1) is 10.6. The summed E-state index contributed by atoms with van der Waals surface area (Å²) in [6, 6.07) is 3.90. The first-order chi connectivity index (χ1) is 6.00. The van der Waals surface area contributed by atoms with Crippen LogP contribution in [-0.2, 0) is 11.0 Å². The van der Waals surface area contributed by atoms with E-state index in [1.807, 2.05) is 38.3 Å². The third-order valence-corrected chi connectivity index (χ3v) is 3.49. The van der Waals surface area contributed by atoms with Crippen molar-refractivity contribution in [2.45, 2.75) is 25.5 Å². The molecular formula is C9H13NOS2. The zero-order chi connectivity index (χ0) is 9.90. The normalized spacial score (nSPS) is 15.0. The van der Waals surface area contributed by atoms with E-state index in [4.69, 9.17) is 0 Å². The molecule has 0 aliphatic carbocycles. The van der Waals surface area contributed by atoms with Gasteiger partial charge in [0.2, 0.25) is 0 Å². The largest absolute Gasteiger partial charge is 0.234 e. The highest BCUT2D eigenvalue weighted by atomic mass is 32.2. The molecule has 0 fully saturated rings. The summed E-state index contributed by atoms with van der Waals surface area (Å²) in [6.07, 6.45) is 1.67. The lowest BCUT2D eigenvalue weighted by Gasteiger charge is -2.12. The maximum atomic E-state index is 11.5. The highest BCUT2D eigenvalue weighted by Crippen LogP contribution is 2.13. The van der Waals surface area contributed by atoms with Crippen LogP contribution < -0.4 is 0 Å². The zero-order valence-corrected chi connectivity index (χ0v) is 9.61. The molecule has 0 saturated heterocycles. The Bertz CT molecular complexity index is 309. The van der Waals surface area contributed by atoms with E-state index in [0.717, 1.165) is 4.88 Å². The van der Waals surface area contributed by atoms with Gasteiger partial charge >= 0.3 is 0 Å². The van der Waals surface area contributed by atoms with E-state index in [0.29, 0.717) is 0 Å². The molecule has 1 rings (SSSR count). The second kappa shape index (κ2) is 4.15. The molecule has 4 heteroatoms. The molecule has 0 amide bonds. The smallest absolute Gasteiger partial charge is 0.144 e. The van der Waals surface area contributed by atoms with Crippen LogP contribution in [0.15, 0.2) is 21.9 Å². The molecule has 0 spiro atoms. The van der Waals surface area contributed by atoms with Crippen molar-refractivity contribution in [3.63, 3.8) is 0 Å². The third-order valence-electron chi connectivity index (χ3n) is 1.34. The maximum Gasteiger partial charge on any atom is 0.144 e. The summed E-state index contributed by atoms with van der Waals surface area (Å²) in [5.41, 5.74) is 0. The molecule has 2 nitrogen and oxygen atoms in total. The Balaban J connectivity index is 2.65. The molecule has 0 aromatic carbocycles. The van der Waals surface area contributed by atoms with E-state index in [1.54, 1.807) is 17.6 Å². The molecule has 0 N–H and O–H groups in total. The van der Waals surface area contributed by atoms with E-state index >= 15 is 0 Å². The SMILES string of the molecule is CC(C)(C)[S@](=O)N=Cc1cccs1. The van der Waals surface area contributed by atoms with Gasteiger partial charge in [-0.2, -0.15) is 4.40 Å². The van der Waals surface area contributed by atoms with Crippen molar-refractivity contribution in [2.75, 3.05) is 0 Å². The van der Waals surface area contributed by atoms with Crippen molar-refractivity contribution >= 4 is 28.5 Å². The van der Waals surface area contributed by atoms with E-state index < -0.39 is 11.0 Å². The average molecular weight is 215 g/mol. The summed E-state index contributed by atoms with van der Waals surface area (Å²) in [5.74, 6) is 0. The second-order valence-corrected chi connectivity index (χ2v) is 6.52. The monoisotopic (exact) mass is 215 g/mol. The van der Waals surface area contributed by atoms with E-state index in [9.17, 15) is 4.21 Å². The number of thiophene rings is 1. The lowest BCUT2D eigenvalue weighted by molar-refractivity contribution is 0.651. The van der Waals surface area contributed by atoms with Crippen LogP contribution in [0.1, 0.15) is 25.6 Å². The first-order valence-corrected chi connectivity index (χ1v) is 5.98. The molecule has 1 heterocycles. The van der Waals surface area contributed by atoms with Gasteiger partial charge in [-0.05, 0) is 32.2 Å². The molecular weight excluding hydrogens is 202 g/mol. The van der Waals surface area contributed by atoms with Gasteiger partial charge in [-0.15, -0.1) is 11.3 Å². The number of hydrogen-bond donors (Lipinski definition) is 0. The van der Waals surface area contributed by atoms with Gasteiger partial charge in [-0.25, -0.2) is 4.21 Å². The Kier molecular flexibility index (Phi) is 3.39. The summed E-state index contributed by atoms with van der Waals surface area (Å²) in [5, 5.41) is 1.97. The number of hydrogen-bond acceptors (Lipinski definition) is 2. The minimum atomic E-state index is -1.15. The molecule has 0 bridgehead atoms. The summed E-state index contributed by atoms with van der Waals surface area (Å²) in [4.78, 5) is 1.04. The van der Waals surface area contributed by atoms with Crippen molar-refractivity contribution in [3.05, 3.63) is 22.4 Å². The molecule has 0 saturated carbocycles. The Morgan fingerprint density at radius 1 is 1.54 bits per heavy atom. The molecule has 13 heavy (non-hydrogen) atoms. The van der Waals surface area contributed by atoms with Crippen molar-refractivity contribution < 1.29 is 4.21 Å². The van der Waals surface area contributed by atoms with Gasteiger partial charge in [0, 0.05) is 4.88 Å². The molecule has 0 aliphatic rings. The van der Waals surface area contributed by atoms with Crippen LogP contribution in [0.25, 0.3) is 0 Å². The minimum Gasteiger partial charge on any atom is -0.234 e. The van der Waals surface area contributed by atoms with E-state index in [2.05, 4.69) is 4.40 Å². The van der Waals surface area contributed by atoms with Crippen LogP contribution >= 0.6 is 11.3 Å². The predicted molar refractivity (Wildman–Crippen MR) is 59.8 cm³/mol. The summed E-state index contributed by atoms with van der Waals surface area (Å²) < 4.78 is 15.2. The summed E-state index contributed by atoms with van der Waals surface area (Å²) in [6.45, 7) is 5.73. The van der Waals surface area contributed by atoms with Gasteiger partial charge in [0.05, 0.1) is 11.0 Å². The fraction of sp³-hybridized carbons (Fsp3) is 0.444. The first-order valence-electron chi connectivity index (χ1n) is 4.00. The molecule has 0 unspecified atom stereocenters. The molecule has 1 aromatic heterocycles. The average Bonchev–Trinajstić information content (AvgIpc) is 2.50. The van der Waals surface area contributed by atoms with Crippen molar-refractivity contribution in [1.82, 2.24) is 0 Å². The lowest BCUT2D eigenvalue weighted by Crippen LogP contribution is -2.19. The fourth-order valence-electron chi connectivity index (χ4n) is 0.623. The van der Waals surface area contributed by atoms with Crippen LogP contribution in [0.4, 0.5) is 0 Å². The van der Waals surface area contributed by atoms with Gasteiger partial charge in [-0.3, -0.25) is 0 Å². The summed E-state index contributed by atoms with van der Waals surface area (Å²) >= 11 is 1.59. The molecule has 1 atom stereocenters. The maximum absolute atomic E-state index is 11.5. The Morgan fingerprint density at radius 2 is 2.23 bits per heavy atom. The van der Waals surface area contributed by atoms with Crippen molar-refractivity contribution in [1.29, 1.82) is 0 Å². The second-order valence-electron chi connectivity index (χ2n) is 3.61. The highest BCUT2D eigenvalue weighted by molar-refractivity contribution is 7.85. The quantitative estimate of drug-likeness (QED) is 0.697. The predicted octanol–water partition coefficient (Wildman–Crippen LogP) is 2.63. The Labute approximate surface area is 85.3 Å². The molecule has 0 aliphatic heterocycles. The van der Waals surface area contributed by atoms with Crippen LogP contribution in [0.3, 0.4) is 0 Å². The number of nitrogens with zero attached hydrogens (tertiary/aromatic N) is 1. The van der Waals surface area contributed by atoms with Gasteiger partial charge in [0.15, 0.2) is 0 Å². The van der Waals surface area contributed by atoms with Crippen molar-refractivity contribution in [3.8, 4) is 0 Å². The van der Waals surface area contributed by atoms with Gasteiger partial charge in [0.25, 0.3) is 0 Å². The highest BCUT2D eigenvalue weighted by Gasteiger charge is 2.17. The molecule has 72 valence electrons. The van der Waals surface area contributed by atoms with Gasteiger partial charge < -0.3 is 0 Å². The van der Waals surface area contributed by atoms with Crippen LogP contribution in [0, 0.1) is 0 Å². The van der Waals surface area contributed by atoms with Crippen LogP contribution in [0.2, 0.25) is 0 Å². The van der Waals surface area contributed by atoms with Crippen LogP contribution in [-0.4, -0.2) is 15.2 Å². The minimum absolute atomic E-state index is 0.270. The third kappa shape index (κ3) is 3.40. The molecule has 1 aromatic rings. The topological polar surface area (TPSA) is 29.4 Å². The lowest BCUT2D eigenvalue weighted by atomic mass is 10.3. The van der Waals surface area contributed by atoms with Crippen LogP contribution in [0.5, 0.6) is 0 Å². The van der Waals surface area contributed by atoms with Crippen molar-refractivity contribution in [2.24, 2.45) is 4.40 Å². The van der Waals surface area contributed by atoms with Gasteiger partial charge in [0.1, 0.15) is 11.0 Å². The zero-order valence-electron chi connectivity index (χ0n) is 7.98. The molecule has 0 radical (unpaired) electrons. The Morgan fingerprint density at radius 3 is 2.69 bits per heavy atom. The van der Waals surface area contributed by atoms with Gasteiger partial charge in [-0.1, -0.05) is 6.07 Å². The standard InChI is InChI=1S/C9H13NOS2/c1-9(2,3)13(11)10-7-8-5-4-6-12-8/h4-7H,1-3H3/t13-/m0/s1. The number of rotatable bonds is 2. The Hall–Kier alpha value is -0.480. The summed E-state index contributed by atoms with van der Waals surface area (Å²) in [7, 11) is -1.15. The van der Waals surface area contributed by atoms with E-state index in [-0.39, 0.29) is 4.75 Å². The van der Waals surface area contributed by atoms with E-state index in [1.165, 1.54) is 0 Å².